The fraction of sp³-hybridized carbons (Fsp3) is 0.333. The first-order chi connectivity index (χ1) is 5.84. The van der Waals surface area contributed by atoms with Crippen LogP contribution in [0.3, 0.4) is 0 Å². The van der Waals surface area contributed by atoms with Crippen molar-refractivity contribution in [1.82, 2.24) is 0 Å². The molecule has 12 heavy (non-hydrogen) atoms. The monoisotopic (exact) mass is 181 g/mol. The van der Waals surface area contributed by atoms with Crippen LogP contribution in [-0.4, -0.2) is 17.6 Å². The minimum atomic E-state index is 0.400. The summed E-state index contributed by atoms with van der Waals surface area (Å²) >= 11 is 1.91. The molecule has 0 radical (unpaired) electrons. The van der Waals surface area contributed by atoms with Crippen LogP contribution in [0.15, 0.2) is 24.3 Å². The number of rotatable bonds is 2. The van der Waals surface area contributed by atoms with Gasteiger partial charge in [-0.15, -0.1) is 0 Å². The maximum atomic E-state index is 5.63. The summed E-state index contributed by atoms with van der Waals surface area (Å²) in [6.45, 7) is 0. The highest BCUT2D eigenvalue weighted by Gasteiger charge is 2.19. The van der Waals surface area contributed by atoms with Crippen LogP contribution in [0.2, 0.25) is 0 Å². The van der Waals surface area contributed by atoms with Gasteiger partial charge in [0.1, 0.15) is 11.9 Å². The molecule has 0 saturated carbocycles. The number of hydrogen-bond donors (Lipinski definition) is 1. The maximum absolute atomic E-state index is 5.63. The zero-order valence-electron chi connectivity index (χ0n) is 6.69. The van der Waals surface area contributed by atoms with E-state index in [2.05, 4.69) is 0 Å². The summed E-state index contributed by atoms with van der Waals surface area (Å²) in [5, 5.41) is 0. The standard InChI is InChI=1S/C9H11NOS/c10-7-2-1-3-8(4-7)11-9-5-12-6-9/h1-4,9H,5-6,10H2. The fourth-order valence-corrected chi connectivity index (χ4v) is 1.63. The van der Waals surface area contributed by atoms with Gasteiger partial charge in [0, 0.05) is 23.3 Å². The quantitative estimate of drug-likeness (QED) is 0.706. The first-order valence-corrected chi connectivity index (χ1v) is 5.10. The Morgan fingerprint density at radius 2 is 2.25 bits per heavy atom. The largest absolute Gasteiger partial charge is 0.489 e. The minimum absolute atomic E-state index is 0.400. The Morgan fingerprint density at radius 3 is 2.83 bits per heavy atom. The van der Waals surface area contributed by atoms with Crippen LogP contribution in [0.4, 0.5) is 5.69 Å². The molecule has 3 heteroatoms. The number of benzene rings is 1. The van der Waals surface area contributed by atoms with Gasteiger partial charge < -0.3 is 10.5 Å². The molecular formula is C9H11NOS. The van der Waals surface area contributed by atoms with Crippen LogP contribution in [0, 0.1) is 0 Å². The molecule has 1 aliphatic heterocycles. The molecule has 0 atom stereocenters. The Labute approximate surface area is 76.1 Å². The molecule has 0 amide bonds. The van der Waals surface area contributed by atoms with Gasteiger partial charge in [0.15, 0.2) is 0 Å². The van der Waals surface area contributed by atoms with E-state index in [1.165, 1.54) is 0 Å². The molecule has 1 fully saturated rings. The molecule has 0 aliphatic carbocycles. The van der Waals surface area contributed by atoms with Crippen LogP contribution < -0.4 is 10.5 Å². The third kappa shape index (κ3) is 1.67. The molecule has 2 nitrogen and oxygen atoms in total. The Morgan fingerprint density at radius 1 is 1.42 bits per heavy atom. The normalized spacial score (nSPS) is 17.0. The van der Waals surface area contributed by atoms with Crippen molar-refractivity contribution in [3.8, 4) is 5.75 Å². The van der Waals surface area contributed by atoms with E-state index in [0.717, 1.165) is 22.9 Å². The van der Waals surface area contributed by atoms with Crippen molar-refractivity contribution in [2.24, 2.45) is 0 Å². The predicted molar refractivity (Wildman–Crippen MR) is 52.6 cm³/mol. The van der Waals surface area contributed by atoms with Gasteiger partial charge in [-0.1, -0.05) is 6.07 Å². The van der Waals surface area contributed by atoms with Crippen molar-refractivity contribution < 1.29 is 4.74 Å². The van der Waals surface area contributed by atoms with E-state index in [9.17, 15) is 0 Å². The Bertz CT molecular complexity index is 273. The number of anilines is 1. The van der Waals surface area contributed by atoms with Gasteiger partial charge in [-0.05, 0) is 12.1 Å². The fourth-order valence-electron chi connectivity index (χ4n) is 1.06. The van der Waals surface area contributed by atoms with Gasteiger partial charge in [-0.3, -0.25) is 0 Å². The summed E-state index contributed by atoms with van der Waals surface area (Å²) in [6, 6.07) is 7.58. The maximum Gasteiger partial charge on any atom is 0.121 e. The van der Waals surface area contributed by atoms with Crippen LogP contribution in [-0.2, 0) is 0 Å². The molecule has 0 spiro atoms. The molecule has 64 valence electrons. The van der Waals surface area contributed by atoms with Crippen LogP contribution in [0.25, 0.3) is 0 Å². The Kier molecular flexibility index (Phi) is 2.13. The first-order valence-electron chi connectivity index (χ1n) is 3.94. The second kappa shape index (κ2) is 3.27. The predicted octanol–water partition coefficient (Wildman–Crippen LogP) is 1.76. The van der Waals surface area contributed by atoms with Crippen molar-refractivity contribution in [3.05, 3.63) is 24.3 Å². The molecule has 1 aliphatic rings. The van der Waals surface area contributed by atoms with Gasteiger partial charge in [-0.2, -0.15) is 11.8 Å². The summed E-state index contributed by atoms with van der Waals surface area (Å²) < 4.78 is 5.63. The van der Waals surface area contributed by atoms with E-state index in [0.29, 0.717) is 6.10 Å². The lowest BCUT2D eigenvalue weighted by molar-refractivity contribution is 0.240. The van der Waals surface area contributed by atoms with Crippen LogP contribution in [0.5, 0.6) is 5.75 Å². The highest BCUT2D eigenvalue weighted by molar-refractivity contribution is 8.00. The highest BCUT2D eigenvalue weighted by atomic mass is 32.2. The van der Waals surface area contributed by atoms with E-state index in [1.54, 1.807) is 0 Å². The minimum Gasteiger partial charge on any atom is -0.489 e. The number of thioether (sulfide) groups is 1. The van der Waals surface area contributed by atoms with Gasteiger partial charge in [-0.25, -0.2) is 0 Å². The Balaban J connectivity index is 2.02. The lowest BCUT2D eigenvalue weighted by Gasteiger charge is -2.25. The molecule has 1 saturated heterocycles. The van der Waals surface area contributed by atoms with Crippen molar-refractivity contribution >= 4 is 17.4 Å². The number of hydrogen-bond acceptors (Lipinski definition) is 3. The van der Waals surface area contributed by atoms with Gasteiger partial charge >= 0.3 is 0 Å². The number of nitrogens with two attached hydrogens (primary N) is 1. The van der Waals surface area contributed by atoms with E-state index in [1.807, 2.05) is 36.0 Å². The molecule has 0 aromatic heterocycles. The average Bonchev–Trinajstić information content (AvgIpc) is 1.97. The van der Waals surface area contributed by atoms with E-state index in [4.69, 9.17) is 10.5 Å². The second-order valence-electron chi connectivity index (χ2n) is 2.85. The third-order valence-electron chi connectivity index (χ3n) is 1.77. The van der Waals surface area contributed by atoms with Gasteiger partial charge in [0.25, 0.3) is 0 Å². The highest BCUT2D eigenvalue weighted by Crippen LogP contribution is 2.24. The zero-order valence-corrected chi connectivity index (χ0v) is 7.51. The summed E-state index contributed by atoms with van der Waals surface area (Å²) in [5.74, 6) is 3.10. The smallest absolute Gasteiger partial charge is 0.121 e. The first kappa shape index (κ1) is 7.80. The van der Waals surface area contributed by atoms with Crippen molar-refractivity contribution in [2.45, 2.75) is 6.10 Å². The van der Waals surface area contributed by atoms with E-state index < -0.39 is 0 Å². The topological polar surface area (TPSA) is 35.2 Å². The van der Waals surface area contributed by atoms with Crippen molar-refractivity contribution in [3.63, 3.8) is 0 Å². The zero-order chi connectivity index (χ0) is 8.39. The Hall–Kier alpha value is -0.830. The second-order valence-corrected chi connectivity index (χ2v) is 3.92. The van der Waals surface area contributed by atoms with Crippen LogP contribution >= 0.6 is 11.8 Å². The molecule has 0 unspecified atom stereocenters. The molecule has 1 aromatic rings. The van der Waals surface area contributed by atoms with Crippen molar-refractivity contribution in [2.75, 3.05) is 17.2 Å². The summed E-state index contributed by atoms with van der Waals surface area (Å²) in [4.78, 5) is 0. The molecule has 2 N–H and O–H groups in total. The van der Waals surface area contributed by atoms with Crippen molar-refractivity contribution in [1.29, 1.82) is 0 Å². The molecular weight excluding hydrogens is 170 g/mol. The summed E-state index contributed by atoms with van der Waals surface area (Å²) in [6.07, 6.45) is 0.400. The van der Waals surface area contributed by atoms with Gasteiger partial charge in [0.05, 0.1) is 0 Å². The van der Waals surface area contributed by atoms with E-state index >= 15 is 0 Å². The molecule has 1 aromatic carbocycles. The van der Waals surface area contributed by atoms with E-state index in [-0.39, 0.29) is 0 Å². The molecule has 1 heterocycles. The summed E-state index contributed by atoms with van der Waals surface area (Å²) in [7, 11) is 0. The summed E-state index contributed by atoms with van der Waals surface area (Å²) in [5.41, 5.74) is 6.37. The lowest BCUT2D eigenvalue weighted by atomic mass is 10.3. The number of nitrogen functional groups attached to an aromatic ring is 1. The lowest BCUT2D eigenvalue weighted by Crippen LogP contribution is -2.30. The average molecular weight is 181 g/mol. The number of ether oxygens (including phenoxy) is 1. The molecule has 0 bridgehead atoms. The van der Waals surface area contributed by atoms with Gasteiger partial charge in [0.2, 0.25) is 0 Å². The molecule has 2 rings (SSSR count). The third-order valence-corrected chi connectivity index (χ3v) is 2.98. The van der Waals surface area contributed by atoms with Crippen LogP contribution in [0.1, 0.15) is 0 Å². The SMILES string of the molecule is Nc1cccc(OC2CSC2)c1.